The Morgan fingerprint density at radius 1 is 1.38 bits per heavy atom. The van der Waals surface area contributed by atoms with E-state index in [1.54, 1.807) is 4.57 Å². The van der Waals surface area contributed by atoms with Gasteiger partial charge in [-0.1, -0.05) is 11.8 Å². The third kappa shape index (κ3) is 4.22. The maximum absolute atomic E-state index is 12.4. The second-order valence-corrected chi connectivity index (χ2v) is 7.30. The summed E-state index contributed by atoms with van der Waals surface area (Å²) in [6.45, 7) is 2.41. The zero-order valence-electron chi connectivity index (χ0n) is 14.4. The van der Waals surface area contributed by atoms with E-state index < -0.39 is 12.8 Å². The number of alkyl halides is 3. The van der Waals surface area contributed by atoms with Gasteiger partial charge < -0.3 is 14.3 Å². The van der Waals surface area contributed by atoms with E-state index in [1.165, 1.54) is 18.1 Å². The second-order valence-electron chi connectivity index (χ2n) is 6.34. The van der Waals surface area contributed by atoms with Crippen molar-refractivity contribution in [1.29, 1.82) is 0 Å². The molecule has 0 atom stereocenters. The molecule has 0 bridgehead atoms. The summed E-state index contributed by atoms with van der Waals surface area (Å²) in [6, 6.07) is 0.00775. The molecule has 0 spiro atoms. The number of aromatic nitrogens is 4. The zero-order valence-corrected chi connectivity index (χ0v) is 15.2. The number of fused-ring (bicyclic) bond motifs is 1. The van der Waals surface area contributed by atoms with E-state index in [9.17, 15) is 18.0 Å². The molecule has 142 valence electrons. The lowest BCUT2D eigenvalue weighted by molar-refractivity contribution is -0.154. The van der Waals surface area contributed by atoms with Gasteiger partial charge in [0.05, 0.1) is 17.7 Å². The highest BCUT2D eigenvalue weighted by Crippen LogP contribution is 2.29. The number of hydrogen-bond donors (Lipinski definition) is 1. The van der Waals surface area contributed by atoms with Gasteiger partial charge in [0.25, 0.3) is 5.56 Å². The Balaban J connectivity index is 1.79. The standard InChI is InChI=1S/C16H19F3N4O2S/c1-9(2)23-8-20-14(25-7-16(17,18)19)12(23)6-26-15-21-11-5-3-4-10(11)13(24)22-15/h8-9H,3-7H2,1-2H3,(H,21,22,24). The van der Waals surface area contributed by atoms with Crippen molar-refractivity contribution >= 4 is 11.8 Å². The Hall–Kier alpha value is -1.97. The van der Waals surface area contributed by atoms with Crippen LogP contribution in [0.15, 0.2) is 16.3 Å². The van der Waals surface area contributed by atoms with E-state index in [1.807, 2.05) is 13.8 Å². The molecule has 0 aliphatic heterocycles. The van der Waals surface area contributed by atoms with Gasteiger partial charge in [-0.25, -0.2) is 9.97 Å². The first-order chi connectivity index (χ1) is 12.2. The van der Waals surface area contributed by atoms with E-state index in [2.05, 4.69) is 15.0 Å². The molecule has 10 heteroatoms. The molecule has 0 fully saturated rings. The van der Waals surface area contributed by atoms with E-state index >= 15 is 0 Å². The minimum Gasteiger partial charge on any atom is -0.467 e. The zero-order chi connectivity index (χ0) is 18.9. The van der Waals surface area contributed by atoms with Crippen LogP contribution in [0.3, 0.4) is 0 Å². The average molecular weight is 388 g/mol. The largest absolute Gasteiger partial charge is 0.467 e. The minimum absolute atomic E-state index is 0.00775. The van der Waals surface area contributed by atoms with Gasteiger partial charge in [-0.05, 0) is 33.1 Å². The van der Waals surface area contributed by atoms with Gasteiger partial charge in [0.15, 0.2) is 11.8 Å². The lowest BCUT2D eigenvalue weighted by atomic mass is 10.3. The van der Waals surface area contributed by atoms with Gasteiger partial charge in [0.2, 0.25) is 5.88 Å². The molecule has 1 aliphatic carbocycles. The van der Waals surface area contributed by atoms with Crippen LogP contribution in [0.1, 0.15) is 43.3 Å². The highest BCUT2D eigenvalue weighted by Gasteiger charge is 2.30. The third-order valence-electron chi connectivity index (χ3n) is 4.05. The molecule has 0 saturated carbocycles. The third-order valence-corrected chi connectivity index (χ3v) is 4.94. The van der Waals surface area contributed by atoms with Crippen molar-refractivity contribution in [2.45, 2.75) is 56.2 Å². The molecule has 1 aliphatic rings. The van der Waals surface area contributed by atoms with Gasteiger partial charge in [-0.3, -0.25) is 4.79 Å². The smallest absolute Gasteiger partial charge is 0.422 e. The van der Waals surface area contributed by atoms with E-state index in [0.29, 0.717) is 10.9 Å². The van der Waals surface area contributed by atoms with Crippen LogP contribution in [0, 0.1) is 0 Å². The topological polar surface area (TPSA) is 72.8 Å². The number of H-pyrrole nitrogens is 1. The summed E-state index contributed by atoms with van der Waals surface area (Å²) in [5.41, 5.74) is 1.93. The van der Waals surface area contributed by atoms with Crippen LogP contribution in [-0.2, 0) is 18.6 Å². The van der Waals surface area contributed by atoms with Gasteiger partial charge in [0.1, 0.15) is 0 Å². The average Bonchev–Trinajstić information content (AvgIpc) is 3.16. The number of ether oxygens (including phenoxy) is 1. The fourth-order valence-corrected chi connectivity index (χ4v) is 3.73. The lowest BCUT2D eigenvalue weighted by Gasteiger charge is -2.14. The first-order valence-corrected chi connectivity index (χ1v) is 9.23. The number of aromatic amines is 1. The fraction of sp³-hybridized carbons (Fsp3) is 0.562. The second kappa shape index (κ2) is 7.34. The van der Waals surface area contributed by atoms with Crippen molar-refractivity contribution in [1.82, 2.24) is 19.5 Å². The number of aryl methyl sites for hydroxylation is 1. The van der Waals surface area contributed by atoms with Crippen molar-refractivity contribution in [2.24, 2.45) is 0 Å². The minimum atomic E-state index is -4.43. The highest BCUT2D eigenvalue weighted by molar-refractivity contribution is 7.98. The molecule has 3 rings (SSSR count). The summed E-state index contributed by atoms with van der Waals surface area (Å²) >= 11 is 1.25. The van der Waals surface area contributed by atoms with Crippen LogP contribution in [0.25, 0.3) is 0 Å². The van der Waals surface area contributed by atoms with Crippen LogP contribution >= 0.6 is 11.8 Å². The van der Waals surface area contributed by atoms with Gasteiger partial charge >= 0.3 is 6.18 Å². The molecular formula is C16H19F3N4O2S. The molecule has 0 amide bonds. The number of hydrogen-bond acceptors (Lipinski definition) is 5. The molecule has 0 saturated heterocycles. The van der Waals surface area contributed by atoms with Crippen molar-refractivity contribution < 1.29 is 17.9 Å². The predicted octanol–water partition coefficient (Wildman–Crippen LogP) is 3.27. The van der Waals surface area contributed by atoms with Crippen molar-refractivity contribution in [3.8, 4) is 5.88 Å². The number of nitrogens with zero attached hydrogens (tertiary/aromatic N) is 3. The Kier molecular flexibility index (Phi) is 5.31. The summed E-state index contributed by atoms with van der Waals surface area (Å²) in [4.78, 5) is 23.2. The number of thioether (sulfide) groups is 1. The number of halogens is 3. The lowest BCUT2D eigenvalue weighted by Crippen LogP contribution is -2.20. The summed E-state index contributed by atoms with van der Waals surface area (Å²) in [7, 11) is 0. The maximum Gasteiger partial charge on any atom is 0.422 e. The van der Waals surface area contributed by atoms with Gasteiger partial charge in [-0.15, -0.1) is 0 Å². The molecule has 2 heterocycles. The predicted molar refractivity (Wildman–Crippen MR) is 90.6 cm³/mol. The molecule has 0 radical (unpaired) electrons. The van der Waals surface area contributed by atoms with Crippen LogP contribution in [0.4, 0.5) is 13.2 Å². The number of imidazole rings is 1. The Morgan fingerprint density at radius 3 is 2.85 bits per heavy atom. The molecule has 6 nitrogen and oxygen atoms in total. The van der Waals surface area contributed by atoms with Crippen LogP contribution in [-0.4, -0.2) is 32.3 Å². The molecular weight excluding hydrogens is 369 g/mol. The number of nitrogens with one attached hydrogen (secondary N) is 1. The van der Waals surface area contributed by atoms with Crippen molar-refractivity contribution in [2.75, 3.05) is 6.61 Å². The first-order valence-electron chi connectivity index (χ1n) is 8.24. The molecule has 2 aromatic rings. The van der Waals surface area contributed by atoms with Crippen LogP contribution in [0.5, 0.6) is 5.88 Å². The number of rotatable bonds is 6. The van der Waals surface area contributed by atoms with Gasteiger partial charge in [0, 0.05) is 17.4 Å². The summed E-state index contributed by atoms with van der Waals surface area (Å²) < 4.78 is 43.9. The molecule has 26 heavy (non-hydrogen) atoms. The normalized spacial score (nSPS) is 14.1. The van der Waals surface area contributed by atoms with E-state index in [-0.39, 0.29) is 23.2 Å². The quantitative estimate of drug-likeness (QED) is 0.607. The van der Waals surface area contributed by atoms with Gasteiger partial charge in [-0.2, -0.15) is 13.2 Å². The Bertz CT molecular complexity index is 845. The van der Waals surface area contributed by atoms with E-state index in [4.69, 9.17) is 4.74 Å². The fourth-order valence-electron chi connectivity index (χ4n) is 2.85. The van der Waals surface area contributed by atoms with E-state index in [0.717, 1.165) is 30.5 Å². The summed E-state index contributed by atoms with van der Waals surface area (Å²) in [6.07, 6.45) is -0.548. The molecule has 0 aromatic carbocycles. The molecule has 1 N–H and O–H groups in total. The summed E-state index contributed by atoms with van der Waals surface area (Å²) in [5, 5.41) is 0.453. The summed E-state index contributed by atoms with van der Waals surface area (Å²) in [5.74, 6) is 0.236. The molecule has 0 unspecified atom stereocenters. The SMILES string of the molecule is CC(C)n1cnc(OCC(F)(F)F)c1CSc1nc2c(c(=O)[nH]1)CCC2. The van der Waals surface area contributed by atoms with Crippen molar-refractivity contribution in [3.63, 3.8) is 0 Å². The van der Waals surface area contributed by atoms with Crippen LogP contribution < -0.4 is 10.3 Å². The molecule has 2 aromatic heterocycles. The first kappa shape index (κ1) is 18.8. The van der Waals surface area contributed by atoms with Crippen LogP contribution in [0.2, 0.25) is 0 Å². The maximum atomic E-state index is 12.4. The Morgan fingerprint density at radius 2 is 2.15 bits per heavy atom. The highest BCUT2D eigenvalue weighted by atomic mass is 32.2. The monoisotopic (exact) mass is 388 g/mol. The Labute approximate surface area is 152 Å². The van der Waals surface area contributed by atoms with Crippen molar-refractivity contribution in [3.05, 3.63) is 33.6 Å².